The summed E-state index contributed by atoms with van der Waals surface area (Å²) in [5.74, 6) is 2.45. The average Bonchev–Trinajstić information content (AvgIpc) is 2.71. The van der Waals surface area contributed by atoms with Crippen LogP contribution >= 0.6 is 0 Å². The minimum absolute atomic E-state index is 0.0276. The van der Waals surface area contributed by atoms with Crippen molar-refractivity contribution in [3.8, 4) is 45.8 Å². The van der Waals surface area contributed by atoms with Gasteiger partial charge in [0, 0.05) is 11.1 Å². The van der Waals surface area contributed by atoms with Crippen LogP contribution in [0.25, 0.3) is 22.8 Å². The van der Waals surface area contributed by atoms with E-state index in [1.54, 1.807) is 0 Å². The molecular formula is C20H14N4O3. The van der Waals surface area contributed by atoms with Crippen molar-refractivity contribution in [1.82, 2.24) is 19.9 Å². The Kier molecular flexibility index (Phi) is 4.32. The second-order valence-electron chi connectivity index (χ2n) is 5.68. The van der Waals surface area contributed by atoms with Crippen LogP contribution in [0.1, 0.15) is 0 Å². The third kappa shape index (κ3) is 3.82. The highest BCUT2D eigenvalue weighted by atomic mass is 16.5. The van der Waals surface area contributed by atoms with Crippen molar-refractivity contribution in [3.63, 3.8) is 0 Å². The maximum atomic E-state index is 9.25. The Hall–Kier alpha value is -4.00. The normalized spacial score (nSPS) is 10.5. The molecule has 0 aliphatic carbocycles. The zero-order valence-corrected chi connectivity index (χ0v) is 14.0. The summed E-state index contributed by atoms with van der Waals surface area (Å²) in [7, 11) is 0. The van der Waals surface area contributed by atoms with Crippen LogP contribution in [-0.4, -0.2) is 30.1 Å². The monoisotopic (exact) mass is 358 g/mol. The number of rotatable bonds is 4. The number of aromatic hydroxyl groups is 2. The van der Waals surface area contributed by atoms with E-state index in [-0.39, 0.29) is 11.5 Å². The summed E-state index contributed by atoms with van der Waals surface area (Å²) in [6, 6.07) is 14.7. The number of hydrogen-bond acceptors (Lipinski definition) is 7. The number of hydrogen-bond donors (Lipinski definition) is 2. The van der Waals surface area contributed by atoms with Crippen molar-refractivity contribution in [1.29, 1.82) is 0 Å². The Morgan fingerprint density at radius 2 is 0.852 bits per heavy atom. The standard InChI is InChI=1S/C20H14N4O3/c25-15-9-21-19(22-10-15)13-1-5-17(6-2-13)27-18-7-3-14(4-8-18)20-23-11-16(26)12-24-20/h1-12,25-26H. The molecule has 0 aliphatic heterocycles. The lowest BCUT2D eigenvalue weighted by molar-refractivity contribution is 0.469. The maximum Gasteiger partial charge on any atom is 0.159 e. The van der Waals surface area contributed by atoms with E-state index >= 15 is 0 Å². The molecule has 7 nitrogen and oxygen atoms in total. The summed E-state index contributed by atoms with van der Waals surface area (Å²) in [6.45, 7) is 0. The molecule has 2 aromatic heterocycles. The Morgan fingerprint density at radius 1 is 0.519 bits per heavy atom. The minimum Gasteiger partial charge on any atom is -0.505 e. The number of benzene rings is 2. The number of nitrogens with zero attached hydrogens (tertiary/aromatic N) is 4. The van der Waals surface area contributed by atoms with Gasteiger partial charge in [-0.05, 0) is 48.5 Å². The van der Waals surface area contributed by atoms with Crippen LogP contribution in [0, 0.1) is 0 Å². The van der Waals surface area contributed by atoms with Gasteiger partial charge in [-0.25, -0.2) is 19.9 Å². The molecule has 27 heavy (non-hydrogen) atoms. The molecule has 2 aromatic carbocycles. The topological polar surface area (TPSA) is 101 Å². The molecule has 0 fully saturated rings. The number of ether oxygens (including phenoxy) is 1. The highest BCUT2D eigenvalue weighted by molar-refractivity contribution is 5.58. The van der Waals surface area contributed by atoms with Crippen LogP contribution < -0.4 is 4.74 Å². The fourth-order valence-electron chi connectivity index (χ4n) is 2.42. The first-order chi connectivity index (χ1) is 13.2. The molecule has 0 atom stereocenters. The molecule has 4 aromatic rings. The second kappa shape index (κ2) is 7.09. The molecule has 0 radical (unpaired) electrons. The van der Waals surface area contributed by atoms with Crippen LogP contribution in [0.2, 0.25) is 0 Å². The van der Waals surface area contributed by atoms with Gasteiger partial charge in [-0.15, -0.1) is 0 Å². The van der Waals surface area contributed by atoms with E-state index in [1.807, 2.05) is 48.5 Å². The van der Waals surface area contributed by atoms with E-state index in [0.29, 0.717) is 23.1 Å². The quantitative estimate of drug-likeness (QED) is 0.572. The largest absolute Gasteiger partial charge is 0.505 e. The lowest BCUT2D eigenvalue weighted by Gasteiger charge is -2.07. The molecule has 0 saturated heterocycles. The molecule has 132 valence electrons. The summed E-state index contributed by atoms with van der Waals surface area (Å²) in [6.07, 6.45) is 5.41. The molecular weight excluding hydrogens is 344 g/mol. The average molecular weight is 358 g/mol. The number of aromatic nitrogens is 4. The SMILES string of the molecule is Oc1cnc(-c2ccc(Oc3ccc(-c4ncc(O)cn4)cc3)cc2)nc1. The molecule has 2 N–H and O–H groups in total. The molecule has 0 saturated carbocycles. The first-order valence-electron chi connectivity index (χ1n) is 8.08. The zero-order valence-electron chi connectivity index (χ0n) is 14.0. The lowest BCUT2D eigenvalue weighted by Crippen LogP contribution is -1.89. The van der Waals surface area contributed by atoms with E-state index < -0.39 is 0 Å². The van der Waals surface area contributed by atoms with Gasteiger partial charge in [0.05, 0.1) is 24.8 Å². The fraction of sp³-hybridized carbons (Fsp3) is 0. The van der Waals surface area contributed by atoms with Gasteiger partial charge in [0.1, 0.15) is 11.5 Å². The predicted molar refractivity (Wildman–Crippen MR) is 98.3 cm³/mol. The van der Waals surface area contributed by atoms with Crippen molar-refractivity contribution in [2.45, 2.75) is 0 Å². The van der Waals surface area contributed by atoms with Crippen LogP contribution in [-0.2, 0) is 0 Å². The second-order valence-corrected chi connectivity index (χ2v) is 5.68. The van der Waals surface area contributed by atoms with Crippen molar-refractivity contribution < 1.29 is 14.9 Å². The molecule has 0 bridgehead atoms. The first-order valence-corrected chi connectivity index (χ1v) is 8.08. The van der Waals surface area contributed by atoms with Crippen molar-refractivity contribution in [3.05, 3.63) is 73.3 Å². The maximum absolute atomic E-state index is 9.25. The van der Waals surface area contributed by atoms with E-state index in [1.165, 1.54) is 24.8 Å². The van der Waals surface area contributed by atoms with Crippen molar-refractivity contribution in [2.24, 2.45) is 0 Å². The van der Waals surface area contributed by atoms with Gasteiger partial charge in [0.15, 0.2) is 23.1 Å². The van der Waals surface area contributed by atoms with Crippen molar-refractivity contribution >= 4 is 0 Å². The molecule has 7 heteroatoms. The van der Waals surface area contributed by atoms with Gasteiger partial charge in [-0.3, -0.25) is 0 Å². The smallest absolute Gasteiger partial charge is 0.159 e. The predicted octanol–water partition coefficient (Wildman–Crippen LogP) is 3.80. The molecule has 2 heterocycles. The Balaban J connectivity index is 1.47. The summed E-state index contributed by atoms with van der Waals surface area (Å²) in [5.41, 5.74) is 1.64. The Bertz CT molecular complexity index is 946. The molecule has 0 amide bonds. The molecule has 0 unspecified atom stereocenters. The van der Waals surface area contributed by atoms with Gasteiger partial charge in [-0.1, -0.05) is 0 Å². The van der Waals surface area contributed by atoms with Crippen LogP contribution in [0.5, 0.6) is 23.0 Å². The fourth-order valence-corrected chi connectivity index (χ4v) is 2.42. The van der Waals surface area contributed by atoms with E-state index in [9.17, 15) is 10.2 Å². The van der Waals surface area contributed by atoms with Crippen LogP contribution in [0.3, 0.4) is 0 Å². The highest BCUT2D eigenvalue weighted by Crippen LogP contribution is 2.26. The van der Waals surface area contributed by atoms with E-state index in [2.05, 4.69) is 19.9 Å². The van der Waals surface area contributed by atoms with Crippen molar-refractivity contribution in [2.75, 3.05) is 0 Å². The third-order valence-corrected chi connectivity index (χ3v) is 3.74. The van der Waals surface area contributed by atoms with Crippen LogP contribution in [0.15, 0.2) is 73.3 Å². The molecule has 4 rings (SSSR count). The van der Waals surface area contributed by atoms with Crippen LogP contribution in [0.4, 0.5) is 0 Å². The highest BCUT2D eigenvalue weighted by Gasteiger charge is 2.05. The van der Waals surface area contributed by atoms with E-state index in [0.717, 1.165) is 11.1 Å². The summed E-state index contributed by atoms with van der Waals surface area (Å²) < 4.78 is 5.84. The summed E-state index contributed by atoms with van der Waals surface area (Å²) in [5, 5.41) is 18.5. The first kappa shape index (κ1) is 16.5. The molecule has 0 spiro atoms. The van der Waals surface area contributed by atoms with Gasteiger partial charge in [0.2, 0.25) is 0 Å². The third-order valence-electron chi connectivity index (χ3n) is 3.74. The Labute approximate surface area is 154 Å². The van der Waals surface area contributed by atoms with Gasteiger partial charge in [0.25, 0.3) is 0 Å². The van der Waals surface area contributed by atoms with Gasteiger partial charge in [-0.2, -0.15) is 0 Å². The van der Waals surface area contributed by atoms with E-state index in [4.69, 9.17) is 4.74 Å². The Morgan fingerprint density at radius 3 is 1.19 bits per heavy atom. The summed E-state index contributed by atoms with van der Waals surface area (Å²) in [4.78, 5) is 16.3. The zero-order chi connectivity index (χ0) is 18.6. The van der Waals surface area contributed by atoms with Gasteiger partial charge < -0.3 is 14.9 Å². The summed E-state index contributed by atoms with van der Waals surface area (Å²) >= 11 is 0. The van der Waals surface area contributed by atoms with Gasteiger partial charge >= 0.3 is 0 Å². The molecule has 0 aliphatic rings. The lowest BCUT2D eigenvalue weighted by atomic mass is 10.2. The minimum atomic E-state index is 0.0276.